The van der Waals surface area contributed by atoms with Crippen LogP contribution in [0, 0.1) is 0 Å². The van der Waals surface area contributed by atoms with Crippen LogP contribution < -0.4 is 15.3 Å². The van der Waals surface area contributed by atoms with Gasteiger partial charge in [-0.3, -0.25) is 0 Å². The summed E-state index contributed by atoms with van der Waals surface area (Å²) in [5.41, 5.74) is 0.852. The number of nitrogens with zero attached hydrogens (tertiary/aromatic N) is 1. The fourth-order valence-corrected chi connectivity index (χ4v) is 1.76. The molecule has 4 nitrogen and oxygen atoms in total. The molecule has 0 aromatic heterocycles. The highest BCUT2D eigenvalue weighted by Crippen LogP contribution is 2.36. The summed E-state index contributed by atoms with van der Waals surface area (Å²) in [6, 6.07) is 3.68. The van der Waals surface area contributed by atoms with Crippen molar-refractivity contribution in [1.29, 1.82) is 0 Å². The maximum atomic E-state index is 5.44. The van der Waals surface area contributed by atoms with Gasteiger partial charge < -0.3 is 15.3 Å². The third-order valence-corrected chi connectivity index (χ3v) is 2.35. The van der Waals surface area contributed by atoms with Gasteiger partial charge in [0.05, 0.1) is 24.4 Å². The van der Waals surface area contributed by atoms with E-state index in [1.807, 2.05) is 19.1 Å². The molecule has 0 spiro atoms. The molecule has 0 amide bonds. The van der Waals surface area contributed by atoms with Crippen LogP contribution in [0.2, 0.25) is 0 Å². The van der Waals surface area contributed by atoms with E-state index in [1.54, 1.807) is 13.3 Å². The average molecular weight is 273 g/mol. The number of rotatable bonds is 4. The summed E-state index contributed by atoms with van der Waals surface area (Å²) in [6.45, 7) is 2.50. The minimum absolute atomic E-state index is 0.583. The van der Waals surface area contributed by atoms with Gasteiger partial charge in [0.25, 0.3) is 0 Å². The van der Waals surface area contributed by atoms with Gasteiger partial charge in [0, 0.05) is 0 Å². The second kappa shape index (κ2) is 5.60. The van der Waals surface area contributed by atoms with Crippen molar-refractivity contribution in [2.24, 2.45) is 10.9 Å². The molecule has 0 atom stereocenters. The van der Waals surface area contributed by atoms with Crippen molar-refractivity contribution in [3.8, 4) is 11.5 Å². The first-order valence-electron chi connectivity index (χ1n) is 4.46. The Bertz CT molecular complexity index is 367. The van der Waals surface area contributed by atoms with E-state index < -0.39 is 0 Å². The second-order valence-corrected chi connectivity index (χ2v) is 3.60. The van der Waals surface area contributed by atoms with E-state index in [0.29, 0.717) is 18.1 Å². The molecule has 0 heterocycles. The highest BCUT2D eigenvalue weighted by Gasteiger charge is 2.10. The summed E-state index contributed by atoms with van der Waals surface area (Å²) in [6.07, 6.45) is 1.54. The van der Waals surface area contributed by atoms with Gasteiger partial charge in [0.15, 0.2) is 11.5 Å². The number of halogens is 1. The lowest BCUT2D eigenvalue weighted by Crippen LogP contribution is -1.98. The van der Waals surface area contributed by atoms with Crippen molar-refractivity contribution in [1.82, 2.24) is 0 Å². The smallest absolute Gasteiger partial charge is 0.175 e. The van der Waals surface area contributed by atoms with E-state index in [4.69, 9.17) is 15.3 Å². The molecule has 1 aromatic carbocycles. The summed E-state index contributed by atoms with van der Waals surface area (Å²) < 4.78 is 11.5. The van der Waals surface area contributed by atoms with Crippen molar-refractivity contribution in [3.63, 3.8) is 0 Å². The summed E-state index contributed by atoms with van der Waals surface area (Å²) in [5.74, 6) is 6.42. The summed E-state index contributed by atoms with van der Waals surface area (Å²) in [7, 11) is 1.59. The maximum Gasteiger partial charge on any atom is 0.175 e. The Kier molecular flexibility index (Phi) is 4.42. The molecule has 2 N–H and O–H groups in total. The number of methoxy groups -OCH3 is 1. The molecule has 0 saturated heterocycles. The van der Waals surface area contributed by atoms with Gasteiger partial charge in [-0.25, -0.2) is 0 Å². The number of hydrogen-bond acceptors (Lipinski definition) is 4. The Hall–Kier alpha value is -1.23. The van der Waals surface area contributed by atoms with Crippen molar-refractivity contribution in [3.05, 3.63) is 22.2 Å². The van der Waals surface area contributed by atoms with Crippen molar-refractivity contribution in [2.75, 3.05) is 13.7 Å². The van der Waals surface area contributed by atoms with Crippen LogP contribution in [0.4, 0.5) is 0 Å². The Morgan fingerprint density at radius 3 is 2.80 bits per heavy atom. The standard InChI is InChI=1S/C10H13BrN2O2/c1-3-15-10-8(11)4-7(6-13-12)5-9(10)14-2/h4-6H,3,12H2,1-2H3. The lowest BCUT2D eigenvalue weighted by Gasteiger charge is -2.11. The maximum absolute atomic E-state index is 5.44. The SMILES string of the molecule is CCOc1c(Br)cc(C=NN)cc1OC. The van der Waals surface area contributed by atoms with E-state index in [-0.39, 0.29) is 0 Å². The molecule has 0 unspecified atom stereocenters. The second-order valence-electron chi connectivity index (χ2n) is 2.75. The minimum Gasteiger partial charge on any atom is -0.493 e. The third-order valence-electron chi connectivity index (χ3n) is 1.76. The lowest BCUT2D eigenvalue weighted by atomic mass is 10.2. The lowest BCUT2D eigenvalue weighted by molar-refractivity contribution is 0.309. The number of nitrogens with two attached hydrogens (primary N) is 1. The molecule has 1 aromatic rings. The number of hydrogen-bond donors (Lipinski definition) is 1. The Morgan fingerprint density at radius 2 is 2.27 bits per heavy atom. The molecule has 0 aliphatic carbocycles. The van der Waals surface area contributed by atoms with E-state index in [0.717, 1.165) is 10.0 Å². The van der Waals surface area contributed by atoms with Crippen LogP contribution in [0.15, 0.2) is 21.7 Å². The first-order valence-corrected chi connectivity index (χ1v) is 5.25. The minimum atomic E-state index is 0.583. The highest BCUT2D eigenvalue weighted by atomic mass is 79.9. The highest BCUT2D eigenvalue weighted by molar-refractivity contribution is 9.10. The molecule has 0 radical (unpaired) electrons. The molecule has 82 valence electrons. The van der Waals surface area contributed by atoms with Gasteiger partial charge in [-0.05, 0) is 40.5 Å². The Morgan fingerprint density at radius 1 is 1.53 bits per heavy atom. The molecule has 0 aliphatic rings. The Balaban J connectivity index is 3.17. The average Bonchev–Trinajstić information content (AvgIpc) is 2.22. The molecule has 5 heteroatoms. The van der Waals surface area contributed by atoms with Gasteiger partial charge >= 0.3 is 0 Å². The monoisotopic (exact) mass is 272 g/mol. The predicted octanol–water partition coefficient (Wildman–Crippen LogP) is 2.15. The normalized spacial score (nSPS) is 10.6. The first kappa shape index (κ1) is 11.8. The van der Waals surface area contributed by atoms with Gasteiger partial charge in [-0.2, -0.15) is 5.10 Å². The number of hydrazone groups is 1. The topological polar surface area (TPSA) is 56.8 Å². The largest absolute Gasteiger partial charge is 0.493 e. The number of benzene rings is 1. The molecule has 0 fully saturated rings. The van der Waals surface area contributed by atoms with E-state index >= 15 is 0 Å². The molecule has 0 aliphatic heterocycles. The van der Waals surface area contributed by atoms with Crippen LogP contribution in [-0.2, 0) is 0 Å². The fourth-order valence-electron chi connectivity index (χ4n) is 1.18. The zero-order valence-electron chi connectivity index (χ0n) is 8.66. The quantitative estimate of drug-likeness (QED) is 0.519. The molecule has 0 bridgehead atoms. The number of ether oxygens (including phenoxy) is 2. The third kappa shape index (κ3) is 2.86. The van der Waals surface area contributed by atoms with Crippen LogP contribution in [0.1, 0.15) is 12.5 Å². The van der Waals surface area contributed by atoms with Crippen molar-refractivity contribution in [2.45, 2.75) is 6.92 Å². The predicted molar refractivity (Wildman–Crippen MR) is 63.6 cm³/mol. The van der Waals surface area contributed by atoms with Crippen LogP contribution in [0.3, 0.4) is 0 Å². The van der Waals surface area contributed by atoms with Crippen molar-refractivity contribution >= 4 is 22.1 Å². The van der Waals surface area contributed by atoms with Crippen LogP contribution in [0.25, 0.3) is 0 Å². The van der Waals surface area contributed by atoms with E-state index in [9.17, 15) is 0 Å². The van der Waals surface area contributed by atoms with Crippen LogP contribution >= 0.6 is 15.9 Å². The van der Waals surface area contributed by atoms with Gasteiger partial charge in [-0.15, -0.1) is 0 Å². The van der Waals surface area contributed by atoms with Gasteiger partial charge in [0.2, 0.25) is 0 Å². The summed E-state index contributed by atoms with van der Waals surface area (Å²) >= 11 is 3.40. The van der Waals surface area contributed by atoms with E-state index in [2.05, 4.69) is 21.0 Å². The summed E-state index contributed by atoms with van der Waals surface area (Å²) in [4.78, 5) is 0. The molecule has 0 saturated carbocycles. The molecular formula is C10H13BrN2O2. The Labute approximate surface area is 97.2 Å². The summed E-state index contributed by atoms with van der Waals surface area (Å²) in [5, 5.41) is 3.46. The first-order chi connectivity index (χ1) is 7.22. The molecule has 15 heavy (non-hydrogen) atoms. The van der Waals surface area contributed by atoms with Gasteiger partial charge in [-0.1, -0.05) is 0 Å². The fraction of sp³-hybridized carbons (Fsp3) is 0.300. The van der Waals surface area contributed by atoms with E-state index in [1.165, 1.54) is 0 Å². The van der Waals surface area contributed by atoms with Crippen LogP contribution in [0.5, 0.6) is 11.5 Å². The zero-order valence-corrected chi connectivity index (χ0v) is 10.2. The van der Waals surface area contributed by atoms with Crippen molar-refractivity contribution < 1.29 is 9.47 Å². The molecular weight excluding hydrogens is 260 g/mol. The van der Waals surface area contributed by atoms with Gasteiger partial charge in [0.1, 0.15) is 0 Å². The van der Waals surface area contributed by atoms with Crippen LogP contribution in [-0.4, -0.2) is 19.9 Å². The molecule has 1 rings (SSSR count). The zero-order chi connectivity index (χ0) is 11.3.